The highest BCUT2D eigenvalue weighted by molar-refractivity contribution is 9.10. The molecule has 4 N–H and O–H groups in total. The van der Waals surface area contributed by atoms with Crippen LogP contribution in [0.3, 0.4) is 0 Å². The zero-order valence-corrected chi connectivity index (χ0v) is 9.98. The van der Waals surface area contributed by atoms with Gasteiger partial charge in [0.2, 0.25) is 5.91 Å². The van der Waals surface area contributed by atoms with Gasteiger partial charge in [-0.1, -0.05) is 0 Å². The van der Waals surface area contributed by atoms with Gasteiger partial charge in [-0.3, -0.25) is 4.79 Å². The standard InChI is InChI=1S/C9H10BrN3O3/c1-4(7(11)14)13-8-6(9(15)16)2-5(10)3-12-8/h2-4H,1H3,(H2,11,14)(H,12,13)(H,15,16). The number of nitrogens with zero attached hydrogens (tertiary/aromatic N) is 1. The molecular formula is C9H10BrN3O3. The summed E-state index contributed by atoms with van der Waals surface area (Å²) >= 11 is 3.11. The Morgan fingerprint density at radius 2 is 2.25 bits per heavy atom. The van der Waals surface area contributed by atoms with Crippen LogP contribution in [0.25, 0.3) is 0 Å². The van der Waals surface area contributed by atoms with Gasteiger partial charge < -0.3 is 16.2 Å². The lowest BCUT2D eigenvalue weighted by molar-refractivity contribution is -0.118. The number of primary amides is 1. The molecule has 1 unspecified atom stereocenters. The van der Waals surface area contributed by atoms with Crippen LogP contribution in [0.5, 0.6) is 0 Å². The highest BCUT2D eigenvalue weighted by Crippen LogP contribution is 2.18. The molecule has 1 heterocycles. The number of pyridine rings is 1. The predicted octanol–water partition coefficient (Wildman–Crippen LogP) is 0.828. The molecule has 0 saturated heterocycles. The lowest BCUT2D eigenvalue weighted by Gasteiger charge is -2.12. The van der Waals surface area contributed by atoms with Crippen molar-refractivity contribution >= 4 is 33.6 Å². The van der Waals surface area contributed by atoms with E-state index in [2.05, 4.69) is 26.2 Å². The number of rotatable bonds is 4. The van der Waals surface area contributed by atoms with E-state index >= 15 is 0 Å². The van der Waals surface area contributed by atoms with Crippen molar-refractivity contribution in [1.29, 1.82) is 0 Å². The summed E-state index contributed by atoms with van der Waals surface area (Å²) < 4.78 is 0.544. The molecule has 0 saturated carbocycles. The van der Waals surface area contributed by atoms with Crippen molar-refractivity contribution in [2.45, 2.75) is 13.0 Å². The number of carbonyl (C=O) groups excluding carboxylic acids is 1. The third-order valence-corrected chi connectivity index (χ3v) is 2.30. The van der Waals surface area contributed by atoms with Gasteiger partial charge in [-0.15, -0.1) is 0 Å². The predicted molar refractivity (Wildman–Crippen MR) is 61.2 cm³/mol. The fraction of sp³-hybridized carbons (Fsp3) is 0.222. The number of anilines is 1. The fourth-order valence-corrected chi connectivity index (χ4v) is 1.32. The molecule has 0 fully saturated rings. The van der Waals surface area contributed by atoms with Crippen molar-refractivity contribution in [1.82, 2.24) is 4.98 Å². The summed E-state index contributed by atoms with van der Waals surface area (Å²) in [6.45, 7) is 1.53. The molecular weight excluding hydrogens is 278 g/mol. The smallest absolute Gasteiger partial charge is 0.339 e. The summed E-state index contributed by atoms with van der Waals surface area (Å²) in [7, 11) is 0. The SMILES string of the molecule is CC(Nc1ncc(Br)cc1C(=O)O)C(N)=O. The molecule has 0 aliphatic rings. The molecule has 1 rings (SSSR count). The zero-order valence-electron chi connectivity index (χ0n) is 8.40. The first-order valence-electron chi connectivity index (χ1n) is 4.36. The second-order valence-electron chi connectivity index (χ2n) is 3.12. The van der Waals surface area contributed by atoms with Gasteiger partial charge in [0.15, 0.2) is 0 Å². The number of carbonyl (C=O) groups is 2. The molecule has 0 aromatic carbocycles. The maximum atomic E-state index is 10.9. The van der Waals surface area contributed by atoms with E-state index in [0.29, 0.717) is 4.47 Å². The lowest BCUT2D eigenvalue weighted by atomic mass is 10.2. The second kappa shape index (κ2) is 4.93. The number of halogens is 1. The molecule has 0 bridgehead atoms. The average molecular weight is 288 g/mol. The van der Waals surface area contributed by atoms with Gasteiger partial charge in [0.05, 0.1) is 0 Å². The molecule has 16 heavy (non-hydrogen) atoms. The first-order valence-corrected chi connectivity index (χ1v) is 5.16. The van der Waals surface area contributed by atoms with Crippen LogP contribution in [0, 0.1) is 0 Å². The number of hydrogen-bond donors (Lipinski definition) is 3. The van der Waals surface area contributed by atoms with Crippen molar-refractivity contribution in [3.8, 4) is 0 Å². The summed E-state index contributed by atoms with van der Waals surface area (Å²) in [6.07, 6.45) is 1.43. The summed E-state index contributed by atoms with van der Waals surface area (Å²) in [6, 6.07) is 0.706. The first kappa shape index (κ1) is 12.4. The van der Waals surface area contributed by atoms with E-state index in [0.717, 1.165) is 0 Å². The van der Waals surface area contributed by atoms with E-state index in [-0.39, 0.29) is 11.4 Å². The average Bonchev–Trinajstić information content (AvgIpc) is 2.20. The van der Waals surface area contributed by atoms with Gasteiger partial charge in [0.1, 0.15) is 17.4 Å². The molecule has 0 aliphatic carbocycles. The Labute approximate surface area is 100.0 Å². The third kappa shape index (κ3) is 2.93. The van der Waals surface area contributed by atoms with Crippen LogP contribution in [0.15, 0.2) is 16.7 Å². The number of carboxylic acids is 1. The molecule has 0 radical (unpaired) electrons. The summed E-state index contributed by atoms with van der Waals surface area (Å²) in [5.74, 6) is -1.60. The lowest BCUT2D eigenvalue weighted by Crippen LogP contribution is -2.33. The van der Waals surface area contributed by atoms with Crippen LogP contribution in [-0.4, -0.2) is 28.0 Å². The minimum Gasteiger partial charge on any atom is -0.478 e. The van der Waals surface area contributed by atoms with E-state index in [4.69, 9.17) is 10.8 Å². The summed E-state index contributed by atoms with van der Waals surface area (Å²) in [4.78, 5) is 25.6. The molecule has 6 nitrogen and oxygen atoms in total. The Bertz CT molecular complexity index is 436. The number of aromatic carboxylic acids is 1. The molecule has 1 amide bonds. The normalized spacial score (nSPS) is 11.9. The minimum atomic E-state index is -1.13. The van der Waals surface area contributed by atoms with Gasteiger partial charge in [-0.2, -0.15) is 0 Å². The van der Waals surface area contributed by atoms with Crippen LogP contribution in [0.4, 0.5) is 5.82 Å². The van der Waals surface area contributed by atoms with E-state index in [1.54, 1.807) is 0 Å². The molecule has 86 valence electrons. The van der Waals surface area contributed by atoms with Gasteiger partial charge in [-0.05, 0) is 28.9 Å². The van der Waals surface area contributed by atoms with Gasteiger partial charge >= 0.3 is 5.97 Å². The zero-order chi connectivity index (χ0) is 12.3. The maximum absolute atomic E-state index is 10.9. The van der Waals surface area contributed by atoms with Crippen LogP contribution >= 0.6 is 15.9 Å². The monoisotopic (exact) mass is 287 g/mol. The molecule has 0 aliphatic heterocycles. The van der Waals surface area contributed by atoms with E-state index < -0.39 is 17.9 Å². The number of amides is 1. The van der Waals surface area contributed by atoms with Gasteiger partial charge in [0.25, 0.3) is 0 Å². The van der Waals surface area contributed by atoms with Crippen LogP contribution < -0.4 is 11.1 Å². The Morgan fingerprint density at radius 3 is 2.75 bits per heavy atom. The van der Waals surface area contributed by atoms with Gasteiger partial charge in [-0.25, -0.2) is 9.78 Å². The number of hydrogen-bond acceptors (Lipinski definition) is 4. The van der Waals surface area contributed by atoms with Crippen molar-refractivity contribution < 1.29 is 14.7 Å². The van der Waals surface area contributed by atoms with Crippen LogP contribution in [0.2, 0.25) is 0 Å². The molecule has 1 atom stereocenters. The number of nitrogens with one attached hydrogen (secondary N) is 1. The second-order valence-corrected chi connectivity index (χ2v) is 4.04. The fourth-order valence-electron chi connectivity index (χ4n) is 0.994. The Balaban J connectivity index is 3.04. The number of nitrogens with two attached hydrogens (primary N) is 1. The highest BCUT2D eigenvalue weighted by atomic mass is 79.9. The molecule has 0 spiro atoms. The van der Waals surface area contributed by atoms with Crippen LogP contribution in [0.1, 0.15) is 17.3 Å². The van der Waals surface area contributed by atoms with Crippen molar-refractivity contribution in [2.75, 3.05) is 5.32 Å². The maximum Gasteiger partial charge on any atom is 0.339 e. The quantitative estimate of drug-likeness (QED) is 0.761. The van der Waals surface area contributed by atoms with E-state index in [1.807, 2.05) is 0 Å². The summed E-state index contributed by atoms with van der Waals surface area (Å²) in [5, 5.41) is 11.6. The van der Waals surface area contributed by atoms with Crippen molar-refractivity contribution in [3.05, 3.63) is 22.3 Å². The molecule has 1 aromatic rings. The Kier molecular flexibility index (Phi) is 3.83. The Morgan fingerprint density at radius 1 is 1.62 bits per heavy atom. The van der Waals surface area contributed by atoms with Crippen molar-refractivity contribution in [3.63, 3.8) is 0 Å². The van der Waals surface area contributed by atoms with Crippen LogP contribution in [-0.2, 0) is 4.79 Å². The summed E-state index contributed by atoms with van der Waals surface area (Å²) in [5.41, 5.74) is 5.03. The number of aromatic nitrogens is 1. The van der Waals surface area contributed by atoms with E-state index in [9.17, 15) is 9.59 Å². The highest BCUT2D eigenvalue weighted by Gasteiger charge is 2.16. The molecule has 7 heteroatoms. The van der Waals surface area contributed by atoms with E-state index in [1.165, 1.54) is 19.2 Å². The Hall–Kier alpha value is -1.63. The largest absolute Gasteiger partial charge is 0.478 e. The minimum absolute atomic E-state index is 0.0255. The first-order chi connectivity index (χ1) is 7.41. The molecule has 1 aromatic heterocycles. The van der Waals surface area contributed by atoms with Crippen molar-refractivity contribution in [2.24, 2.45) is 5.73 Å². The van der Waals surface area contributed by atoms with Gasteiger partial charge in [0, 0.05) is 10.7 Å². The number of carboxylic acid groups (broad SMARTS) is 1. The third-order valence-electron chi connectivity index (χ3n) is 1.86. The topological polar surface area (TPSA) is 105 Å².